The molecule has 0 radical (unpaired) electrons. The van der Waals surface area contributed by atoms with E-state index in [9.17, 15) is 50.2 Å². The van der Waals surface area contributed by atoms with Gasteiger partial charge in [0.25, 0.3) is 0 Å². The Morgan fingerprint density at radius 3 is 2.02 bits per heavy atom. The lowest BCUT2D eigenvalue weighted by atomic mass is 9.84. The minimum Gasteiger partial charge on any atom is -0.507 e. The molecular formula is C31H29F5N2O6S. The Kier molecular flexibility index (Phi) is 9.17. The first-order chi connectivity index (χ1) is 21.3. The third-order valence-electron chi connectivity index (χ3n) is 8.45. The van der Waals surface area contributed by atoms with E-state index in [1.165, 1.54) is 17.4 Å². The lowest BCUT2D eigenvalue weighted by Crippen LogP contribution is -2.38. The molecule has 1 aliphatic carbocycles. The third-order valence-corrected chi connectivity index (χ3v) is 10.3. The van der Waals surface area contributed by atoms with Crippen LogP contribution in [0.2, 0.25) is 0 Å². The van der Waals surface area contributed by atoms with Crippen molar-refractivity contribution in [1.82, 2.24) is 4.31 Å². The molecule has 0 bridgehead atoms. The molecule has 1 amide bonds. The number of aromatic hydroxyl groups is 1. The smallest absolute Gasteiger partial charge is 0.339 e. The van der Waals surface area contributed by atoms with Crippen molar-refractivity contribution in [3.63, 3.8) is 0 Å². The van der Waals surface area contributed by atoms with Crippen molar-refractivity contribution >= 4 is 27.6 Å². The number of hydrogen-bond acceptors (Lipinski definition) is 5. The molecule has 1 heterocycles. The van der Waals surface area contributed by atoms with Crippen LogP contribution in [-0.2, 0) is 21.4 Å². The highest BCUT2D eigenvalue weighted by Gasteiger charge is 2.42. The highest BCUT2D eigenvalue weighted by Crippen LogP contribution is 2.35. The van der Waals surface area contributed by atoms with Gasteiger partial charge in [-0.25, -0.2) is 35.2 Å². The second kappa shape index (κ2) is 12.8. The van der Waals surface area contributed by atoms with Crippen molar-refractivity contribution in [1.29, 1.82) is 0 Å². The van der Waals surface area contributed by atoms with Crippen molar-refractivity contribution in [2.75, 3.05) is 18.0 Å². The van der Waals surface area contributed by atoms with Crippen LogP contribution in [0.4, 0.5) is 27.6 Å². The van der Waals surface area contributed by atoms with Crippen LogP contribution in [0.1, 0.15) is 65.9 Å². The van der Waals surface area contributed by atoms with Gasteiger partial charge in [0, 0.05) is 24.8 Å². The molecule has 1 saturated carbocycles. The Morgan fingerprint density at radius 1 is 0.844 bits per heavy atom. The molecule has 240 valence electrons. The summed E-state index contributed by atoms with van der Waals surface area (Å²) in [5, 5.41) is 19.6. The van der Waals surface area contributed by atoms with Crippen LogP contribution in [0.3, 0.4) is 0 Å². The number of halogens is 5. The summed E-state index contributed by atoms with van der Waals surface area (Å²) < 4.78 is 96.6. The van der Waals surface area contributed by atoms with Crippen LogP contribution in [0, 0.1) is 35.0 Å². The average molecular weight is 653 g/mol. The van der Waals surface area contributed by atoms with Gasteiger partial charge in [-0.15, -0.1) is 0 Å². The molecule has 0 spiro atoms. The van der Waals surface area contributed by atoms with Crippen LogP contribution in [-0.4, -0.2) is 47.9 Å². The minimum absolute atomic E-state index is 0.0590. The van der Waals surface area contributed by atoms with E-state index in [4.69, 9.17) is 0 Å². The zero-order valence-electron chi connectivity index (χ0n) is 23.8. The number of carboxylic acid groups (broad SMARTS) is 1. The van der Waals surface area contributed by atoms with Crippen LogP contribution in [0.5, 0.6) is 5.75 Å². The van der Waals surface area contributed by atoms with Crippen molar-refractivity contribution < 1.29 is 50.2 Å². The Hall–Kier alpha value is -4.04. The topological polar surface area (TPSA) is 115 Å². The Morgan fingerprint density at radius 2 is 1.44 bits per heavy atom. The number of carbonyl (C=O) groups is 2. The van der Waals surface area contributed by atoms with Crippen molar-refractivity contribution in [3.8, 4) is 5.75 Å². The molecule has 1 atom stereocenters. The number of rotatable bonds is 8. The fraction of sp³-hybridized carbons (Fsp3) is 0.355. The predicted molar refractivity (Wildman–Crippen MR) is 152 cm³/mol. The van der Waals surface area contributed by atoms with E-state index in [0.29, 0.717) is 15.8 Å². The summed E-state index contributed by atoms with van der Waals surface area (Å²) in [5.74, 6) is -15.7. The zero-order valence-corrected chi connectivity index (χ0v) is 24.6. The number of sulfonamides is 1. The number of phenols is 1. The first-order valence-electron chi connectivity index (χ1n) is 14.3. The van der Waals surface area contributed by atoms with Gasteiger partial charge in [0.2, 0.25) is 21.7 Å². The molecule has 2 aliphatic rings. The highest BCUT2D eigenvalue weighted by atomic mass is 32.2. The Bertz CT molecular complexity index is 1720. The van der Waals surface area contributed by atoms with Gasteiger partial charge in [0.1, 0.15) is 11.3 Å². The van der Waals surface area contributed by atoms with Gasteiger partial charge in [-0.05, 0) is 48.4 Å². The van der Waals surface area contributed by atoms with Gasteiger partial charge in [-0.1, -0.05) is 43.5 Å². The summed E-state index contributed by atoms with van der Waals surface area (Å²) in [6.07, 6.45) is 5.48. The predicted octanol–water partition coefficient (Wildman–Crippen LogP) is 6.08. The molecule has 1 saturated heterocycles. The van der Waals surface area contributed by atoms with Crippen molar-refractivity contribution in [2.45, 2.75) is 55.9 Å². The number of benzene rings is 3. The molecule has 3 aromatic carbocycles. The first kappa shape index (κ1) is 32.4. The minimum atomic E-state index is -5.25. The van der Waals surface area contributed by atoms with Gasteiger partial charge in [0.15, 0.2) is 28.2 Å². The van der Waals surface area contributed by atoms with Gasteiger partial charge < -0.3 is 15.1 Å². The molecule has 1 aliphatic heterocycles. The Labute approximate surface area is 255 Å². The quantitative estimate of drug-likeness (QED) is 0.173. The van der Waals surface area contributed by atoms with Crippen LogP contribution < -0.4 is 4.90 Å². The molecule has 8 nitrogen and oxygen atoms in total. The molecule has 3 aromatic rings. The molecule has 0 unspecified atom stereocenters. The Balaban J connectivity index is 1.43. The maximum Gasteiger partial charge on any atom is 0.339 e. The molecular weight excluding hydrogens is 623 g/mol. The summed E-state index contributed by atoms with van der Waals surface area (Å²) in [4.78, 5) is 24.5. The number of hydrogen-bond donors (Lipinski definition) is 2. The fourth-order valence-corrected chi connectivity index (χ4v) is 7.60. The highest BCUT2D eigenvalue weighted by molar-refractivity contribution is 7.89. The van der Waals surface area contributed by atoms with E-state index in [0.717, 1.165) is 43.4 Å². The van der Waals surface area contributed by atoms with Gasteiger partial charge in [-0.3, -0.25) is 4.79 Å². The number of anilines is 1. The molecule has 2 N–H and O–H groups in total. The van der Waals surface area contributed by atoms with Crippen LogP contribution >= 0.6 is 0 Å². The van der Waals surface area contributed by atoms with E-state index >= 15 is 0 Å². The number of amides is 1. The van der Waals surface area contributed by atoms with E-state index in [1.807, 2.05) is 24.3 Å². The maximum atomic E-state index is 14.4. The fourth-order valence-electron chi connectivity index (χ4n) is 5.99. The summed E-state index contributed by atoms with van der Waals surface area (Å²) in [6.45, 7) is -1.14. The molecule has 5 rings (SSSR count). The maximum absolute atomic E-state index is 14.4. The van der Waals surface area contributed by atoms with Crippen LogP contribution in [0.25, 0.3) is 0 Å². The zero-order chi connectivity index (χ0) is 32.6. The standard InChI is InChI=1S/C31H29F5N2O6S/c32-24-25(33)27(35)29(28(36)26(24)34)45(43,44)37-13-12-20(16-37)30(40)38(21-10-11-22(31(41)42)23(39)14-21)15-17-6-8-19(9-7-17)18-4-2-1-3-5-18/h6-11,14,18,20,39H,1-5,12-13,15-16H2,(H,41,42)/t20-/m1/s1. The van der Waals surface area contributed by atoms with E-state index in [2.05, 4.69) is 0 Å². The van der Waals surface area contributed by atoms with Gasteiger partial charge in [-0.2, -0.15) is 4.31 Å². The lowest BCUT2D eigenvalue weighted by molar-refractivity contribution is -0.122. The third kappa shape index (κ3) is 6.25. The molecule has 2 fully saturated rings. The number of carbonyl (C=O) groups excluding carboxylic acids is 1. The normalized spacial score (nSPS) is 17.8. The molecule has 14 heteroatoms. The molecule has 0 aromatic heterocycles. The number of aromatic carboxylic acids is 1. The monoisotopic (exact) mass is 652 g/mol. The van der Waals surface area contributed by atoms with Gasteiger partial charge >= 0.3 is 5.97 Å². The summed E-state index contributed by atoms with van der Waals surface area (Å²) in [5.41, 5.74) is 1.52. The van der Waals surface area contributed by atoms with Gasteiger partial charge in [0.05, 0.1) is 12.5 Å². The second-order valence-electron chi connectivity index (χ2n) is 11.3. The number of nitrogens with zero attached hydrogens (tertiary/aromatic N) is 2. The summed E-state index contributed by atoms with van der Waals surface area (Å²) in [6, 6.07) is 11.1. The van der Waals surface area contributed by atoms with Crippen molar-refractivity contribution in [2.24, 2.45) is 5.92 Å². The van der Waals surface area contributed by atoms with Crippen LogP contribution in [0.15, 0.2) is 47.4 Å². The van der Waals surface area contributed by atoms with Crippen molar-refractivity contribution in [3.05, 3.63) is 88.2 Å². The van der Waals surface area contributed by atoms with E-state index < -0.39 is 86.2 Å². The largest absolute Gasteiger partial charge is 0.507 e. The van der Waals surface area contributed by atoms with E-state index in [1.54, 1.807) is 0 Å². The lowest BCUT2D eigenvalue weighted by Gasteiger charge is -2.27. The first-order valence-corrected chi connectivity index (χ1v) is 15.7. The second-order valence-corrected chi connectivity index (χ2v) is 13.1. The average Bonchev–Trinajstić information content (AvgIpc) is 3.53. The van der Waals surface area contributed by atoms with E-state index in [-0.39, 0.29) is 18.7 Å². The summed E-state index contributed by atoms with van der Waals surface area (Å²) in [7, 11) is -5.25. The molecule has 45 heavy (non-hydrogen) atoms. The number of carboxylic acids is 1. The summed E-state index contributed by atoms with van der Waals surface area (Å²) >= 11 is 0. The SMILES string of the molecule is O=C(O)c1ccc(N(Cc2ccc(C3CCCCC3)cc2)C(=O)[C@@H]2CCN(S(=O)(=O)c3c(F)c(F)c(F)c(F)c3F)C2)cc1O.